The van der Waals surface area contributed by atoms with Crippen molar-refractivity contribution in [3.05, 3.63) is 22.2 Å². The van der Waals surface area contributed by atoms with Crippen LogP contribution in [0.2, 0.25) is 0 Å². The third-order valence-electron chi connectivity index (χ3n) is 3.59. The van der Waals surface area contributed by atoms with Gasteiger partial charge in [-0.15, -0.1) is 0 Å². The summed E-state index contributed by atoms with van der Waals surface area (Å²) >= 11 is 3.36. The van der Waals surface area contributed by atoms with Crippen LogP contribution >= 0.6 is 15.9 Å². The van der Waals surface area contributed by atoms with Crippen molar-refractivity contribution in [3.8, 4) is 11.5 Å². The first-order chi connectivity index (χ1) is 10.1. The largest absolute Gasteiger partial charge is 0.495 e. The quantitative estimate of drug-likeness (QED) is 0.870. The van der Waals surface area contributed by atoms with E-state index >= 15 is 0 Å². The third kappa shape index (κ3) is 3.64. The number of hydrogen-bond donors (Lipinski definition) is 1. The number of methoxy groups -OCH3 is 2. The third-order valence-corrected chi connectivity index (χ3v) is 4.37. The number of piperazine rings is 1. The highest BCUT2D eigenvalue weighted by molar-refractivity contribution is 9.10. The van der Waals surface area contributed by atoms with E-state index in [1.165, 1.54) is 14.2 Å². The van der Waals surface area contributed by atoms with Gasteiger partial charge in [0.15, 0.2) is 0 Å². The van der Waals surface area contributed by atoms with Gasteiger partial charge in [0, 0.05) is 26.2 Å². The van der Waals surface area contributed by atoms with Gasteiger partial charge in [-0.25, -0.2) is 8.78 Å². The Kier molecular flexibility index (Phi) is 5.78. The molecule has 1 atom stereocenters. The first kappa shape index (κ1) is 16.5. The van der Waals surface area contributed by atoms with Crippen molar-refractivity contribution in [1.29, 1.82) is 0 Å². The molecule has 1 aliphatic heterocycles. The van der Waals surface area contributed by atoms with Crippen molar-refractivity contribution in [2.45, 2.75) is 12.5 Å². The lowest BCUT2D eigenvalue weighted by Gasteiger charge is -2.35. The molecule has 118 valence electrons. The molecule has 2 rings (SSSR count). The highest BCUT2D eigenvalue weighted by Gasteiger charge is 2.31. The second-order valence-electron chi connectivity index (χ2n) is 4.80. The summed E-state index contributed by atoms with van der Waals surface area (Å²) in [4.78, 5) is 1.79. The molecule has 21 heavy (non-hydrogen) atoms. The number of benzene rings is 1. The van der Waals surface area contributed by atoms with Crippen LogP contribution in [0.15, 0.2) is 16.6 Å². The van der Waals surface area contributed by atoms with Crippen LogP contribution < -0.4 is 14.8 Å². The number of nitrogens with one attached hydrogen (secondary N) is 1. The summed E-state index contributed by atoms with van der Waals surface area (Å²) in [5.41, 5.74) is 0.504. The lowest BCUT2D eigenvalue weighted by molar-refractivity contribution is 0.0180. The second-order valence-corrected chi connectivity index (χ2v) is 5.60. The number of ether oxygens (including phenoxy) is 2. The summed E-state index contributed by atoms with van der Waals surface area (Å²) in [5, 5.41) is 3.17. The molecule has 0 saturated carbocycles. The van der Waals surface area contributed by atoms with Crippen LogP contribution in [0.3, 0.4) is 0 Å². The maximum Gasteiger partial charge on any atom is 0.258 e. The van der Waals surface area contributed by atoms with Crippen LogP contribution in [0.25, 0.3) is 0 Å². The molecule has 1 fully saturated rings. The first-order valence-electron chi connectivity index (χ1n) is 6.72. The van der Waals surface area contributed by atoms with Gasteiger partial charge in [0.05, 0.1) is 20.3 Å². The minimum absolute atomic E-state index is 0.491. The van der Waals surface area contributed by atoms with Crippen molar-refractivity contribution >= 4 is 15.9 Å². The topological polar surface area (TPSA) is 33.7 Å². The summed E-state index contributed by atoms with van der Waals surface area (Å²) in [6.45, 7) is 2.62. The Morgan fingerprint density at radius 2 is 1.67 bits per heavy atom. The summed E-state index contributed by atoms with van der Waals surface area (Å²) in [6, 6.07) is 2.33. The summed E-state index contributed by atoms with van der Waals surface area (Å²) in [5.74, 6) is 0.982. The molecule has 0 spiro atoms. The van der Waals surface area contributed by atoms with Crippen molar-refractivity contribution in [1.82, 2.24) is 10.2 Å². The van der Waals surface area contributed by atoms with Gasteiger partial charge in [0.2, 0.25) is 0 Å². The lowest BCUT2D eigenvalue weighted by atomic mass is 10.0. The Labute approximate surface area is 131 Å². The molecule has 1 N–H and O–H groups in total. The van der Waals surface area contributed by atoms with E-state index in [-0.39, 0.29) is 0 Å². The predicted molar refractivity (Wildman–Crippen MR) is 80.4 cm³/mol. The average molecular weight is 365 g/mol. The van der Waals surface area contributed by atoms with E-state index in [0.29, 0.717) is 47.7 Å². The zero-order valence-corrected chi connectivity index (χ0v) is 13.6. The average Bonchev–Trinajstić information content (AvgIpc) is 2.49. The molecule has 0 aliphatic carbocycles. The van der Waals surface area contributed by atoms with Crippen LogP contribution in [0.4, 0.5) is 8.78 Å². The normalized spacial score (nSPS) is 17.8. The number of alkyl halides is 2. The van der Waals surface area contributed by atoms with Crippen LogP contribution in [0.5, 0.6) is 11.5 Å². The van der Waals surface area contributed by atoms with Gasteiger partial charge in [-0.1, -0.05) is 0 Å². The number of nitrogens with zero attached hydrogens (tertiary/aromatic N) is 1. The number of hydrogen-bond acceptors (Lipinski definition) is 4. The Morgan fingerprint density at radius 1 is 1.14 bits per heavy atom. The van der Waals surface area contributed by atoms with Crippen LogP contribution in [-0.4, -0.2) is 51.7 Å². The van der Waals surface area contributed by atoms with E-state index < -0.39 is 12.5 Å². The lowest BCUT2D eigenvalue weighted by Crippen LogP contribution is -2.46. The standard InChI is InChI=1S/C14H19BrF2N2O2/c1-20-10-7-9(8-11(21-2)12(10)15)13(14(16)17)19-5-3-18-4-6-19/h7-8,13-14,18H,3-6H2,1-2H3/t13-/m1/s1. The maximum absolute atomic E-state index is 13.6. The zero-order valence-electron chi connectivity index (χ0n) is 12.0. The van der Waals surface area contributed by atoms with Crippen LogP contribution in [0, 0.1) is 0 Å². The molecule has 0 amide bonds. The number of halogens is 3. The molecular formula is C14H19BrF2N2O2. The minimum atomic E-state index is -2.47. The summed E-state index contributed by atoms with van der Waals surface area (Å²) in [6.07, 6.45) is -2.47. The van der Waals surface area contributed by atoms with Crippen molar-refractivity contribution in [2.75, 3.05) is 40.4 Å². The smallest absolute Gasteiger partial charge is 0.258 e. The van der Waals surface area contributed by atoms with Crippen LogP contribution in [-0.2, 0) is 0 Å². The van der Waals surface area contributed by atoms with Gasteiger partial charge >= 0.3 is 0 Å². The molecule has 4 nitrogen and oxygen atoms in total. The van der Waals surface area contributed by atoms with Crippen LogP contribution in [0.1, 0.15) is 11.6 Å². The van der Waals surface area contributed by atoms with Gasteiger partial charge in [0.25, 0.3) is 6.43 Å². The van der Waals surface area contributed by atoms with Gasteiger partial charge < -0.3 is 14.8 Å². The van der Waals surface area contributed by atoms with Crippen molar-refractivity contribution < 1.29 is 18.3 Å². The molecule has 0 aromatic heterocycles. The molecule has 0 bridgehead atoms. The van der Waals surface area contributed by atoms with E-state index in [2.05, 4.69) is 21.2 Å². The predicted octanol–water partition coefficient (Wildman–Crippen LogP) is 2.68. The SMILES string of the molecule is COc1cc([C@H](C(F)F)N2CCNCC2)cc(OC)c1Br. The van der Waals surface area contributed by atoms with E-state index in [1.54, 1.807) is 17.0 Å². The highest BCUT2D eigenvalue weighted by atomic mass is 79.9. The molecule has 1 heterocycles. The Morgan fingerprint density at radius 3 is 2.10 bits per heavy atom. The van der Waals surface area contributed by atoms with Gasteiger partial charge in [-0.05, 0) is 33.6 Å². The maximum atomic E-state index is 13.6. The molecule has 0 unspecified atom stereocenters. The fourth-order valence-electron chi connectivity index (χ4n) is 2.54. The molecule has 1 saturated heterocycles. The molecule has 1 aliphatic rings. The van der Waals surface area contributed by atoms with Crippen molar-refractivity contribution in [2.24, 2.45) is 0 Å². The second kappa shape index (κ2) is 7.38. The molecule has 1 aromatic carbocycles. The van der Waals surface area contributed by atoms with E-state index in [9.17, 15) is 8.78 Å². The fourth-order valence-corrected chi connectivity index (χ4v) is 3.09. The van der Waals surface area contributed by atoms with E-state index in [4.69, 9.17) is 9.47 Å². The summed E-state index contributed by atoms with van der Waals surface area (Å²) in [7, 11) is 3.01. The Balaban J connectivity index is 2.39. The highest BCUT2D eigenvalue weighted by Crippen LogP contribution is 2.39. The molecule has 7 heteroatoms. The molecule has 0 radical (unpaired) electrons. The first-order valence-corrected chi connectivity index (χ1v) is 7.52. The summed E-state index contributed by atoms with van der Waals surface area (Å²) < 4.78 is 38.3. The molecule has 1 aromatic rings. The molecular weight excluding hydrogens is 346 g/mol. The fraction of sp³-hybridized carbons (Fsp3) is 0.571. The van der Waals surface area contributed by atoms with E-state index in [1.807, 2.05) is 0 Å². The van der Waals surface area contributed by atoms with E-state index in [0.717, 1.165) is 0 Å². The van der Waals surface area contributed by atoms with Gasteiger partial charge in [0.1, 0.15) is 16.0 Å². The van der Waals surface area contributed by atoms with Gasteiger partial charge in [-0.2, -0.15) is 0 Å². The Bertz CT molecular complexity index is 457. The monoisotopic (exact) mass is 364 g/mol. The van der Waals surface area contributed by atoms with Crippen molar-refractivity contribution in [3.63, 3.8) is 0 Å². The number of rotatable bonds is 5. The zero-order chi connectivity index (χ0) is 15.4. The van der Waals surface area contributed by atoms with Gasteiger partial charge in [-0.3, -0.25) is 4.90 Å². The minimum Gasteiger partial charge on any atom is -0.495 e. The Hall–Kier alpha value is -0.920.